The SMILES string of the molecule is N#CCNC(=O)COC(=O)c1cc(N)c(F)cc1F. The van der Waals surface area contributed by atoms with Crippen molar-refractivity contribution < 1.29 is 23.1 Å². The van der Waals surface area contributed by atoms with Gasteiger partial charge in [-0.1, -0.05) is 0 Å². The number of nitriles is 1. The average Bonchev–Trinajstić information content (AvgIpc) is 2.37. The summed E-state index contributed by atoms with van der Waals surface area (Å²) < 4.78 is 30.6. The minimum atomic E-state index is -1.16. The van der Waals surface area contributed by atoms with Crippen LogP contribution in [-0.4, -0.2) is 25.0 Å². The van der Waals surface area contributed by atoms with Gasteiger partial charge in [0.15, 0.2) is 6.61 Å². The van der Waals surface area contributed by atoms with Crippen LogP contribution in [0.2, 0.25) is 0 Å². The molecule has 6 nitrogen and oxygen atoms in total. The third-order valence-corrected chi connectivity index (χ3v) is 2.01. The number of amides is 1. The van der Waals surface area contributed by atoms with E-state index in [0.717, 1.165) is 6.07 Å². The summed E-state index contributed by atoms with van der Waals surface area (Å²) in [4.78, 5) is 22.4. The molecule has 0 aliphatic carbocycles. The van der Waals surface area contributed by atoms with Gasteiger partial charge < -0.3 is 15.8 Å². The van der Waals surface area contributed by atoms with E-state index in [1.54, 1.807) is 6.07 Å². The summed E-state index contributed by atoms with van der Waals surface area (Å²) in [6.45, 7) is -0.925. The molecule has 1 amide bonds. The number of ether oxygens (including phenoxy) is 1. The van der Waals surface area contributed by atoms with Gasteiger partial charge in [-0.25, -0.2) is 13.6 Å². The Labute approximate surface area is 106 Å². The van der Waals surface area contributed by atoms with Gasteiger partial charge in [0, 0.05) is 6.07 Å². The van der Waals surface area contributed by atoms with Crippen molar-refractivity contribution >= 4 is 17.6 Å². The molecule has 8 heteroatoms. The van der Waals surface area contributed by atoms with E-state index in [2.05, 4.69) is 10.1 Å². The lowest BCUT2D eigenvalue weighted by atomic mass is 10.2. The molecule has 3 N–H and O–H groups in total. The molecular weight excluding hydrogens is 260 g/mol. The van der Waals surface area contributed by atoms with Crippen LogP contribution in [0.4, 0.5) is 14.5 Å². The predicted octanol–water partition coefficient (Wildman–Crippen LogP) is 0.344. The second kappa shape index (κ2) is 6.30. The third kappa shape index (κ3) is 3.92. The molecule has 1 rings (SSSR count). The minimum absolute atomic E-state index is 0.242. The molecule has 0 atom stereocenters. The molecular formula is C11H9F2N3O3. The largest absolute Gasteiger partial charge is 0.452 e. The number of carbonyl (C=O) groups excluding carboxylic acids is 2. The summed E-state index contributed by atoms with van der Waals surface area (Å²) in [5, 5.41) is 10.3. The number of carbonyl (C=O) groups is 2. The van der Waals surface area contributed by atoms with Crippen molar-refractivity contribution in [3.63, 3.8) is 0 Å². The third-order valence-electron chi connectivity index (χ3n) is 2.01. The highest BCUT2D eigenvalue weighted by atomic mass is 19.1. The Kier molecular flexibility index (Phi) is 4.76. The van der Waals surface area contributed by atoms with E-state index in [9.17, 15) is 18.4 Å². The van der Waals surface area contributed by atoms with Gasteiger partial charge in [-0.2, -0.15) is 5.26 Å². The molecule has 1 aromatic rings. The number of nitrogens with one attached hydrogen (secondary N) is 1. The fourth-order valence-electron chi connectivity index (χ4n) is 1.12. The zero-order chi connectivity index (χ0) is 14.4. The van der Waals surface area contributed by atoms with E-state index in [-0.39, 0.29) is 6.54 Å². The van der Waals surface area contributed by atoms with E-state index in [4.69, 9.17) is 11.0 Å². The van der Waals surface area contributed by atoms with E-state index >= 15 is 0 Å². The van der Waals surface area contributed by atoms with Crippen molar-refractivity contribution in [1.29, 1.82) is 5.26 Å². The summed E-state index contributed by atoms with van der Waals surface area (Å²) in [7, 11) is 0. The molecule has 100 valence electrons. The number of hydrogen-bond donors (Lipinski definition) is 2. The molecule has 0 spiro atoms. The van der Waals surface area contributed by atoms with Crippen molar-refractivity contribution in [2.24, 2.45) is 0 Å². The monoisotopic (exact) mass is 269 g/mol. The van der Waals surface area contributed by atoms with Crippen LogP contribution in [0.3, 0.4) is 0 Å². The maximum Gasteiger partial charge on any atom is 0.341 e. The number of rotatable bonds is 4. The smallest absolute Gasteiger partial charge is 0.341 e. The first-order valence-corrected chi connectivity index (χ1v) is 5.01. The highest BCUT2D eigenvalue weighted by molar-refractivity contribution is 5.92. The number of halogens is 2. The fourth-order valence-corrected chi connectivity index (χ4v) is 1.12. The quantitative estimate of drug-likeness (QED) is 0.466. The van der Waals surface area contributed by atoms with Crippen LogP contribution in [0.5, 0.6) is 0 Å². The van der Waals surface area contributed by atoms with Gasteiger partial charge >= 0.3 is 5.97 Å². The number of hydrogen-bond acceptors (Lipinski definition) is 5. The molecule has 0 bridgehead atoms. The van der Waals surface area contributed by atoms with Crippen molar-refractivity contribution in [3.05, 3.63) is 29.3 Å². The van der Waals surface area contributed by atoms with E-state index < -0.39 is 41.4 Å². The number of nitrogens with two attached hydrogens (primary N) is 1. The van der Waals surface area contributed by atoms with Crippen LogP contribution in [0, 0.1) is 23.0 Å². The standard InChI is InChI=1S/C11H9F2N3O3/c12-7-4-8(13)9(15)3-6(7)11(18)19-5-10(17)16-2-1-14/h3-4H,2,5,15H2,(H,16,17). The minimum Gasteiger partial charge on any atom is -0.452 e. The molecule has 0 radical (unpaired) electrons. The molecule has 0 fully saturated rings. The number of nitrogen functional groups attached to an aromatic ring is 1. The average molecular weight is 269 g/mol. The molecule has 0 heterocycles. The lowest BCUT2D eigenvalue weighted by molar-refractivity contribution is -0.123. The van der Waals surface area contributed by atoms with Gasteiger partial charge in [-0.05, 0) is 6.07 Å². The lowest BCUT2D eigenvalue weighted by Gasteiger charge is -2.06. The second-order valence-corrected chi connectivity index (χ2v) is 3.36. The van der Waals surface area contributed by atoms with Gasteiger partial charge in [0.1, 0.15) is 18.2 Å². The number of nitrogens with zero attached hydrogens (tertiary/aromatic N) is 1. The highest BCUT2D eigenvalue weighted by Gasteiger charge is 2.17. The normalized spacial score (nSPS) is 9.53. The van der Waals surface area contributed by atoms with Gasteiger partial charge in [0.25, 0.3) is 5.91 Å². The molecule has 0 saturated heterocycles. The van der Waals surface area contributed by atoms with Gasteiger partial charge in [0.05, 0.1) is 17.3 Å². The summed E-state index contributed by atoms with van der Waals surface area (Å²) in [6, 6.07) is 2.87. The van der Waals surface area contributed by atoms with Crippen molar-refractivity contribution in [2.75, 3.05) is 18.9 Å². The topological polar surface area (TPSA) is 105 Å². The maximum atomic E-state index is 13.3. The Morgan fingerprint density at radius 1 is 1.37 bits per heavy atom. The summed E-state index contributed by atoms with van der Waals surface area (Å²) in [5.41, 5.74) is 4.19. The Morgan fingerprint density at radius 2 is 2.05 bits per heavy atom. The van der Waals surface area contributed by atoms with Crippen LogP contribution < -0.4 is 11.1 Å². The van der Waals surface area contributed by atoms with Crippen molar-refractivity contribution in [2.45, 2.75) is 0 Å². The van der Waals surface area contributed by atoms with Gasteiger partial charge in [-0.15, -0.1) is 0 Å². The molecule has 0 aliphatic rings. The number of anilines is 1. The maximum absolute atomic E-state index is 13.3. The highest BCUT2D eigenvalue weighted by Crippen LogP contribution is 2.17. The van der Waals surface area contributed by atoms with Crippen LogP contribution in [0.15, 0.2) is 12.1 Å². The Balaban J connectivity index is 2.67. The van der Waals surface area contributed by atoms with Crippen molar-refractivity contribution in [3.8, 4) is 6.07 Å². The lowest BCUT2D eigenvalue weighted by Crippen LogP contribution is -2.29. The summed E-state index contributed by atoms with van der Waals surface area (Å²) in [6.07, 6.45) is 0. The molecule has 0 unspecified atom stereocenters. The van der Waals surface area contributed by atoms with Crippen LogP contribution >= 0.6 is 0 Å². The van der Waals surface area contributed by atoms with Crippen LogP contribution in [0.25, 0.3) is 0 Å². The van der Waals surface area contributed by atoms with Crippen molar-refractivity contribution in [1.82, 2.24) is 5.32 Å². The molecule has 0 saturated carbocycles. The molecule has 0 aromatic heterocycles. The zero-order valence-electron chi connectivity index (χ0n) is 9.57. The summed E-state index contributed by atoms with van der Waals surface area (Å²) >= 11 is 0. The second-order valence-electron chi connectivity index (χ2n) is 3.36. The Hall–Kier alpha value is -2.69. The molecule has 0 aliphatic heterocycles. The first-order valence-electron chi connectivity index (χ1n) is 5.01. The fraction of sp³-hybridized carbons (Fsp3) is 0.182. The van der Waals surface area contributed by atoms with E-state index in [0.29, 0.717) is 6.07 Å². The number of benzene rings is 1. The van der Waals surface area contributed by atoms with Gasteiger partial charge in [0.2, 0.25) is 0 Å². The van der Waals surface area contributed by atoms with Crippen LogP contribution in [-0.2, 0) is 9.53 Å². The first-order chi connectivity index (χ1) is 8.95. The number of esters is 1. The molecule has 1 aromatic carbocycles. The summed E-state index contributed by atoms with van der Waals surface area (Å²) in [5.74, 6) is -4.02. The molecule has 19 heavy (non-hydrogen) atoms. The van der Waals surface area contributed by atoms with Crippen LogP contribution in [0.1, 0.15) is 10.4 Å². The first kappa shape index (κ1) is 14.4. The van der Waals surface area contributed by atoms with E-state index in [1.165, 1.54) is 0 Å². The van der Waals surface area contributed by atoms with E-state index in [1.807, 2.05) is 0 Å². The Morgan fingerprint density at radius 3 is 2.68 bits per heavy atom. The predicted molar refractivity (Wildman–Crippen MR) is 59.7 cm³/mol. The van der Waals surface area contributed by atoms with Gasteiger partial charge in [-0.3, -0.25) is 4.79 Å². The zero-order valence-corrected chi connectivity index (χ0v) is 9.57. The Bertz CT molecular complexity index is 555.